The van der Waals surface area contributed by atoms with Gasteiger partial charge in [0, 0.05) is 10.5 Å². The second-order valence-electron chi connectivity index (χ2n) is 4.65. The molecule has 0 bridgehead atoms. The molecule has 1 aliphatic heterocycles. The normalized spacial score (nSPS) is 22.6. The van der Waals surface area contributed by atoms with Gasteiger partial charge in [-0.25, -0.2) is 21.6 Å². The van der Waals surface area contributed by atoms with Crippen LogP contribution in [-0.4, -0.2) is 34.4 Å². The molecule has 0 aliphatic carbocycles. The highest BCUT2D eigenvalue weighted by Gasteiger charge is 2.28. The van der Waals surface area contributed by atoms with Crippen LogP contribution in [0.1, 0.15) is 12.8 Å². The van der Waals surface area contributed by atoms with Crippen molar-refractivity contribution in [3.63, 3.8) is 0 Å². The van der Waals surface area contributed by atoms with Crippen LogP contribution in [0.15, 0.2) is 27.6 Å². The summed E-state index contributed by atoms with van der Waals surface area (Å²) in [6.07, 6.45) is 0.993. The van der Waals surface area contributed by atoms with E-state index in [4.69, 9.17) is 11.6 Å². The van der Waals surface area contributed by atoms with Gasteiger partial charge >= 0.3 is 0 Å². The van der Waals surface area contributed by atoms with E-state index in [0.29, 0.717) is 22.3 Å². The standard InChI is InChI=1S/C11H13BrClNO4S2/c12-10-6-9(3-4-11(10)13)20(17,18)14-8-2-1-5-19(15,16)7-8/h3-4,6,8,14H,1-2,5,7H2. The third-order valence-corrected chi connectivity index (χ3v) is 7.54. The molecular weight excluding hydrogens is 390 g/mol. The van der Waals surface area contributed by atoms with Crippen LogP contribution in [0, 0.1) is 0 Å². The van der Waals surface area contributed by atoms with Crippen molar-refractivity contribution in [2.75, 3.05) is 11.5 Å². The van der Waals surface area contributed by atoms with Gasteiger partial charge in [0.05, 0.1) is 21.4 Å². The average molecular weight is 403 g/mol. The fourth-order valence-corrected chi connectivity index (χ4v) is 5.73. The van der Waals surface area contributed by atoms with Crippen molar-refractivity contribution in [3.05, 3.63) is 27.7 Å². The maximum Gasteiger partial charge on any atom is 0.240 e. The van der Waals surface area contributed by atoms with Gasteiger partial charge in [0.15, 0.2) is 9.84 Å². The second kappa shape index (κ2) is 5.92. The van der Waals surface area contributed by atoms with Gasteiger partial charge in [-0.15, -0.1) is 0 Å². The highest BCUT2D eigenvalue weighted by atomic mass is 79.9. The van der Waals surface area contributed by atoms with E-state index in [-0.39, 0.29) is 16.4 Å². The number of benzene rings is 1. The molecule has 1 saturated heterocycles. The molecular formula is C11H13BrClNO4S2. The first-order chi connectivity index (χ1) is 9.20. The van der Waals surface area contributed by atoms with Crippen molar-refractivity contribution in [2.45, 2.75) is 23.8 Å². The van der Waals surface area contributed by atoms with Crippen molar-refractivity contribution in [1.82, 2.24) is 4.72 Å². The van der Waals surface area contributed by atoms with E-state index in [9.17, 15) is 16.8 Å². The predicted molar refractivity (Wildman–Crippen MR) is 81.1 cm³/mol. The summed E-state index contributed by atoms with van der Waals surface area (Å²) in [4.78, 5) is 0.0525. The van der Waals surface area contributed by atoms with E-state index < -0.39 is 25.9 Å². The summed E-state index contributed by atoms with van der Waals surface area (Å²) in [5.41, 5.74) is 0. The molecule has 20 heavy (non-hydrogen) atoms. The lowest BCUT2D eigenvalue weighted by Crippen LogP contribution is -2.43. The van der Waals surface area contributed by atoms with Crippen molar-refractivity contribution < 1.29 is 16.8 Å². The maximum absolute atomic E-state index is 12.2. The highest BCUT2D eigenvalue weighted by Crippen LogP contribution is 2.25. The summed E-state index contributed by atoms with van der Waals surface area (Å²) in [6, 6.07) is 3.67. The molecule has 1 unspecified atom stereocenters. The fourth-order valence-electron chi connectivity index (χ4n) is 2.05. The van der Waals surface area contributed by atoms with Crippen LogP contribution in [0.5, 0.6) is 0 Å². The van der Waals surface area contributed by atoms with Crippen LogP contribution in [0.4, 0.5) is 0 Å². The lowest BCUT2D eigenvalue weighted by Gasteiger charge is -2.22. The van der Waals surface area contributed by atoms with E-state index in [2.05, 4.69) is 20.7 Å². The van der Waals surface area contributed by atoms with Gasteiger partial charge in [-0.05, 0) is 47.0 Å². The number of rotatable bonds is 3. The quantitative estimate of drug-likeness (QED) is 0.838. The van der Waals surface area contributed by atoms with Crippen LogP contribution < -0.4 is 4.72 Å². The van der Waals surface area contributed by atoms with E-state index in [1.165, 1.54) is 18.2 Å². The zero-order valence-corrected chi connectivity index (χ0v) is 14.3. The molecule has 5 nitrogen and oxygen atoms in total. The Kier molecular flexibility index (Phi) is 4.80. The molecule has 1 aromatic rings. The van der Waals surface area contributed by atoms with Crippen molar-refractivity contribution in [2.24, 2.45) is 0 Å². The lowest BCUT2D eigenvalue weighted by atomic mass is 10.2. The van der Waals surface area contributed by atoms with Gasteiger partial charge in [-0.2, -0.15) is 0 Å². The Morgan fingerprint density at radius 2 is 2.05 bits per heavy atom. The summed E-state index contributed by atoms with van der Waals surface area (Å²) < 4.78 is 50.4. The van der Waals surface area contributed by atoms with Gasteiger partial charge in [-0.3, -0.25) is 0 Å². The zero-order valence-electron chi connectivity index (χ0n) is 10.3. The van der Waals surface area contributed by atoms with Crippen LogP contribution in [0.2, 0.25) is 5.02 Å². The van der Waals surface area contributed by atoms with Crippen LogP contribution in [-0.2, 0) is 19.9 Å². The smallest absolute Gasteiger partial charge is 0.229 e. The molecule has 112 valence electrons. The maximum atomic E-state index is 12.2. The summed E-state index contributed by atoms with van der Waals surface area (Å²) in [7, 11) is -6.91. The van der Waals surface area contributed by atoms with Crippen LogP contribution in [0.25, 0.3) is 0 Å². The molecule has 1 atom stereocenters. The van der Waals surface area contributed by atoms with Gasteiger partial charge in [-0.1, -0.05) is 11.6 Å². The third-order valence-electron chi connectivity index (χ3n) is 2.99. The average Bonchev–Trinajstić information content (AvgIpc) is 2.30. The van der Waals surface area contributed by atoms with Gasteiger partial charge < -0.3 is 0 Å². The van der Waals surface area contributed by atoms with Crippen LogP contribution in [0.3, 0.4) is 0 Å². The van der Waals surface area contributed by atoms with E-state index in [1.807, 2.05) is 0 Å². The molecule has 1 heterocycles. The molecule has 1 fully saturated rings. The Labute approximate surface area is 131 Å². The largest absolute Gasteiger partial charge is 0.240 e. The number of sulfone groups is 1. The third kappa shape index (κ3) is 3.94. The van der Waals surface area contributed by atoms with Crippen molar-refractivity contribution in [3.8, 4) is 0 Å². The first-order valence-corrected chi connectivity index (χ1v) is 10.3. The Balaban J connectivity index is 2.21. The topological polar surface area (TPSA) is 80.3 Å². The fraction of sp³-hybridized carbons (Fsp3) is 0.455. The molecule has 1 N–H and O–H groups in total. The first kappa shape index (κ1) is 16.2. The monoisotopic (exact) mass is 401 g/mol. The minimum atomic E-state index is -3.75. The molecule has 0 saturated carbocycles. The first-order valence-electron chi connectivity index (χ1n) is 5.87. The Morgan fingerprint density at radius 1 is 1.35 bits per heavy atom. The van der Waals surface area contributed by atoms with E-state index >= 15 is 0 Å². The van der Waals surface area contributed by atoms with Gasteiger partial charge in [0.1, 0.15) is 0 Å². The summed E-state index contributed by atoms with van der Waals surface area (Å²) in [5, 5.41) is 0.407. The summed E-state index contributed by atoms with van der Waals surface area (Å²) >= 11 is 8.98. The minimum Gasteiger partial charge on any atom is -0.229 e. The molecule has 1 aliphatic rings. The lowest BCUT2D eigenvalue weighted by molar-refractivity contribution is 0.517. The van der Waals surface area contributed by atoms with Gasteiger partial charge in [0.2, 0.25) is 10.0 Å². The highest BCUT2D eigenvalue weighted by molar-refractivity contribution is 9.10. The molecule has 0 aromatic heterocycles. The Hall–Kier alpha value is -0.150. The SMILES string of the molecule is O=S1(=O)CCCC(NS(=O)(=O)c2ccc(Cl)c(Br)c2)C1. The van der Waals surface area contributed by atoms with E-state index in [1.54, 1.807) is 0 Å². The molecule has 0 spiro atoms. The zero-order chi connectivity index (χ0) is 15.0. The molecule has 0 radical (unpaired) electrons. The number of sulfonamides is 1. The Bertz CT molecular complexity index is 718. The summed E-state index contributed by atoms with van der Waals surface area (Å²) in [6.45, 7) is 0. The molecule has 1 aromatic carbocycles. The Morgan fingerprint density at radius 3 is 2.65 bits per heavy atom. The van der Waals surface area contributed by atoms with E-state index in [0.717, 1.165) is 0 Å². The predicted octanol–water partition coefficient (Wildman–Crippen LogP) is 1.96. The summed E-state index contributed by atoms with van der Waals surface area (Å²) in [5.74, 6) is -0.0291. The number of hydrogen-bond acceptors (Lipinski definition) is 4. The minimum absolute atomic E-state index is 0.0525. The number of hydrogen-bond donors (Lipinski definition) is 1. The van der Waals surface area contributed by atoms with Gasteiger partial charge in [0.25, 0.3) is 0 Å². The number of nitrogens with one attached hydrogen (secondary N) is 1. The molecule has 9 heteroatoms. The number of halogens is 2. The molecule has 2 rings (SSSR count). The van der Waals surface area contributed by atoms with Crippen molar-refractivity contribution >= 4 is 47.4 Å². The molecule has 0 amide bonds. The second-order valence-corrected chi connectivity index (χ2v) is 9.85. The van der Waals surface area contributed by atoms with Crippen LogP contribution >= 0.6 is 27.5 Å². The van der Waals surface area contributed by atoms with Crippen molar-refractivity contribution in [1.29, 1.82) is 0 Å².